The zero-order valence-corrected chi connectivity index (χ0v) is 24.3. The Labute approximate surface area is 240 Å². The second kappa shape index (κ2) is 15.5. The number of aryl methyl sites for hydroxylation is 1. The topological polar surface area (TPSA) is 177 Å². The van der Waals surface area contributed by atoms with Gasteiger partial charge < -0.3 is 31.3 Å². The maximum Gasteiger partial charge on any atom is 0.328 e. The summed E-state index contributed by atoms with van der Waals surface area (Å²) < 4.78 is 4.83. The summed E-state index contributed by atoms with van der Waals surface area (Å²) in [5, 5.41) is 7.77. The molecular weight excluding hydrogens is 530 g/mol. The molecule has 12 nitrogen and oxygen atoms in total. The molecule has 1 aromatic rings. The standard InChI is InChI=1S/C29H41N5O7/c1-17(2)21(15-31-26(37)22(30)13-19(4)35)28(39)34-12-6-7-24(34)27(38)32-16-25(36)33-23(29(40)41-5)14-20-10-8-18(3)9-11-20/h8-11,13,17,21,23-24H,6-7,12,14-16,30H2,1-5H3,(H,31,37)(H,32,38)(H,33,36)/t21?,23?,24-/m0/s1. The number of carbonyl (C=O) groups excluding carboxylic acids is 6. The third-order valence-electron chi connectivity index (χ3n) is 6.87. The molecular formula is C29H41N5O7. The number of nitrogens with zero attached hydrogens (tertiary/aromatic N) is 1. The van der Waals surface area contributed by atoms with Crippen LogP contribution in [0.3, 0.4) is 0 Å². The summed E-state index contributed by atoms with van der Waals surface area (Å²) in [5.74, 6) is -3.81. The van der Waals surface area contributed by atoms with E-state index in [9.17, 15) is 28.8 Å². The first-order chi connectivity index (χ1) is 19.3. The van der Waals surface area contributed by atoms with Crippen molar-refractivity contribution in [1.82, 2.24) is 20.9 Å². The molecule has 0 bridgehead atoms. The molecule has 41 heavy (non-hydrogen) atoms. The van der Waals surface area contributed by atoms with Gasteiger partial charge in [0.15, 0.2) is 5.78 Å². The molecule has 2 rings (SSSR count). The van der Waals surface area contributed by atoms with Crippen molar-refractivity contribution in [3.8, 4) is 0 Å². The fraction of sp³-hybridized carbons (Fsp3) is 0.517. The van der Waals surface area contributed by atoms with Gasteiger partial charge in [-0.05, 0) is 38.2 Å². The summed E-state index contributed by atoms with van der Waals surface area (Å²) in [6, 6.07) is 5.81. The molecule has 4 amide bonds. The molecule has 1 fully saturated rings. The van der Waals surface area contributed by atoms with Gasteiger partial charge in [0.05, 0.1) is 19.6 Å². The second-order valence-electron chi connectivity index (χ2n) is 10.5. The monoisotopic (exact) mass is 571 g/mol. The number of esters is 1. The Morgan fingerprint density at radius 1 is 1.10 bits per heavy atom. The molecule has 2 unspecified atom stereocenters. The van der Waals surface area contributed by atoms with Crippen molar-refractivity contribution < 1.29 is 33.5 Å². The number of hydrogen-bond donors (Lipinski definition) is 4. The lowest BCUT2D eigenvalue weighted by atomic mass is 9.93. The minimum absolute atomic E-state index is 0.0229. The van der Waals surface area contributed by atoms with Gasteiger partial charge in [-0.2, -0.15) is 0 Å². The molecule has 1 aliphatic heterocycles. The van der Waals surface area contributed by atoms with Crippen LogP contribution in [0.4, 0.5) is 0 Å². The van der Waals surface area contributed by atoms with Crippen molar-refractivity contribution in [2.24, 2.45) is 17.6 Å². The van der Waals surface area contributed by atoms with Crippen molar-refractivity contribution in [1.29, 1.82) is 0 Å². The Bertz CT molecular complexity index is 1160. The van der Waals surface area contributed by atoms with E-state index in [0.717, 1.165) is 17.2 Å². The number of amides is 4. The van der Waals surface area contributed by atoms with E-state index in [0.29, 0.717) is 19.4 Å². The number of carbonyl (C=O) groups is 6. The molecule has 0 aromatic heterocycles. The number of ether oxygens (including phenoxy) is 1. The van der Waals surface area contributed by atoms with Crippen LogP contribution in [0.5, 0.6) is 0 Å². The summed E-state index contributed by atoms with van der Waals surface area (Å²) in [6.07, 6.45) is 2.25. The molecule has 1 aliphatic rings. The van der Waals surface area contributed by atoms with Gasteiger partial charge in [0.2, 0.25) is 17.7 Å². The molecule has 0 spiro atoms. The second-order valence-corrected chi connectivity index (χ2v) is 10.5. The summed E-state index contributed by atoms with van der Waals surface area (Å²) in [4.78, 5) is 76.2. The van der Waals surface area contributed by atoms with Gasteiger partial charge in [0.1, 0.15) is 17.8 Å². The van der Waals surface area contributed by atoms with Crippen LogP contribution in [-0.4, -0.2) is 79.1 Å². The lowest BCUT2D eigenvalue weighted by Gasteiger charge is -2.30. The summed E-state index contributed by atoms with van der Waals surface area (Å²) >= 11 is 0. The first kappa shape index (κ1) is 33.0. The molecule has 0 radical (unpaired) electrons. The Balaban J connectivity index is 1.98. The van der Waals surface area contributed by atoms with Crippen molar-refractivity contribution in [3.05, 3.63) is 47.2 Å². The number of allylic oxidation sites excluding steroid dienone is 1. The van der Waals surface area contributed by atoms with Crippen LogP contribution in [-0.2, 0) is 39.9 Å². The molecule has 3 atom stereocenters. The van der Waals surface area contributed by atoms with Crippen LogP contribution in [0, 0.1) is 18.8 Å². The lowest BCUT2D eigenvalue weighted by molar-refractivity contribution is -0.145. The van der Waals surface area contributed by atoms with Gasteiger partial charge in [-0.15, -0.1) is 0 Å². The zero-order chi connectivity index (χ0) is 30.7. The van der Waals surface area contributed by atoms with E-state index < -0.39 is 41.7 Å². The predicted molar refractivity (Wildman–Crippen MR) is 151 cm³/mol. The average molecular weight is 572 g/mol. The third-order valence-corrected chi connectivity index (χ3v) is 6.87. The molecule has 1 aromatic carbocycles. The number of likely N-dealkylation sites (tertiary alicyclic amines) is 1. The molecule has 1 saturated heterocycles. The molecule has 12 heteroatoms. The number of nitrogens with one attached hydrogen (secondary N) is 3. The van der Waals surface area contributed by atoms with E-state index in [-0.39, 0.29) is 42.8 Å². The highest BCUT2D eigenvalue weighted by atomic mass is 16.5. The highest BCUT2D eigenvalue weighted by Crippen LogP contribution is 2.23. The quantitative estimate of drug-likeness (QED) is 0.191. The predicted octanol–water partition coefficient (Wildman–Crippen LogP) is 0.123. The van der Waals surface area contributed by atoms with Gasteiger partial charge in [0, 0.05) is 25.6 Å². The number of methoxy groups -OCH3 is 1. The van der Waals surface area contributed by atoms with Crippen LogP contribution in [0.25, 0.3) is 0 Å². The van der Waals surface area contributed by atoms with Gasteiger partial charge in [-0.25, -0.2) is 4.79 Å². The van der Waals surface area contributed by atoms with Crippen molar-refractivity contribution in [3.63, 3.8) is 0 Å². The molecule has 224 valence electrons. The van der Waals surface area contributed by atoms with Gasteiger partial charge >= 0.3 is 5.97 Å². The van der Waals surface area contributed by atoms with Crippen LogP contribution in [0.2, 0.25) is 0 Å². The van der Waals surface area contributed by atoms with E-state index in [4.69, 9.17) is 10.5 Å². The van der Waals surface area contributed by atoms with Crippen LogP contribution >= 0.6 is 0 Å². The normalized spacial score (nSPS) is 16.5. The fourth-order valence-corrected chi connectivity index (χ4v) is 4.54. The minimum atomic E-state index is -0.932. The van der Waals surface area contributed by atoms with Crippen LogP contribution in [0.15, 0.2) is 36.0 Å². The Kier molecular flexibility index (Phi) is 12.5. The largest absolute Gasteiger partial charge is 0.467 e. The molecule has 0 saturated carbocycles. The number of benzene rings is 1. The minimum Gasteiger partial charge on any atom is -0.467 e. The maximum absolute atomic E-state index is 13.4. The number of ketones is 1. The molecule has 0 aliphatic carbocycles. The molecule has 1 heterocycles. The zero-order valence-electron chi connectivity index (χ0n) is 24.3. The molecule has 5 N–H and O–H groups in total. The highest BCUT2D eigenvalue weighted by molar-refractivity contribution is 6.00. The van der Waals surface area contributed by atoms with Gasteiger partial charge in [0.25, 0.3) is 5.91 Å². The van der Waals surface area contributed by atoms with Crippen LogP contribution in [0.1, 0.15) is 44.7 Å². The first-order valence-corrected chi connectivity index (χ1v) is 13.6. The van der Waals surface area contributed by atoms with Crippen molar-refractivity contribution in [2.75, 3.05) is 26.7 Å². The van der Waals surface area contributed by atoms with E-state index in [2.05, 4.69) is 16.0 Å². The van der Waals surface area contributed by atoms with Gasteiger partial charge in [-0.3, -0.25) is 24.0 Å². The number of rotatable bonds is 13. The summed E-state index contributed by atoms with van der Waals surface area (Å²) in [6.45, 7) is 6.81. The first-order valence-electron chi connectivity index (χ1n) is 13.6. The van der Waals surface area contributed by atoms with Gasteiger partial charge in [-0.1, -0.05) is 43.7 Å². The smallest absolute Gasteiger partial charge is 0.328 e. The summed E-state index contributed by atoms with van der Waals surface area (Å²) in [7, 11) is 1.23. The Morgan fingerprint density at radius 3 is 2.34 bits per heavy atom. The van der Waals surface area contributed by atoms with Crippen LogP contribution < -0.4 is 21.7 Å². The van der Waals surface area contributed by atoms with Crippen molar-refractivity contribution in [2.45, 2.75) is 59.0 Å². The Hall–Kier alpha value is -4.22. The average Bonchev–Trinajstić information content (AvgIpc) is 3.41. The fourth-order valence-electron chi connectivity index (χ4n) is 4.54. The number of nitrogens with two attached hydrogens (primary N) is 1. The SMILES string of the molecule is COC(=O)C(Cc1ccc(C)cc1)NC(=O)CNC(=O)[C@@H]1CCCN1C(=O)C(CNC(=O)C(N)=CC(C)=O)C(C)C. The summed E-state index contributed by atoms with van der Waals surface area (Å²) in [5.41, 5.74) is 7.26. The highest BCUT2D eigenvalue weighted by Gasteiger charge is 2.38. The number of hydrogen-bond acceptors (Lipinski definition) is 8. The van der Waals surface area contributed by atoms with E-state index in [1.165, 1.54) is 18.9 Å². The van der Waals surface area contributed by atoms with Crippen molar-refractivity contribution >= 4 is 35.4 Å². The Morgan fingerprint density at radius 2 is 1.76 bits per heavy atom. The van der Waals surface area contributed by atoms with E-state index in [1.807, 2.05) is 45.0 Å². The lowest BCUT2D eigenvalue weighted by Crippen LogP contribution is -2.52. The maximum atomic E-state index is 13.4. The van der Waals surface area contributed by atoms with E-state index in [1.54, 1.807) is 0 Å². The van der Waals surface area contributed by atoms with E-state index >= 15 is 0 Å². The third kappa shape index (κ3) is 10.0.